The molecule has 34 heavy (non-hydrogen) atoms. The summed E-state index contributed by atoms with van der Waals surface area (Å²) in [7, 11) is 1.72. The first kappa shape index (κ1) is 24.5. The fraction of sp³-hybridized carbons (Fsp3) is 0.222. The summed E-state index contributed by atoms with van der Waals surface area (Å²) in [6, 6.07) is 23.2. The molecule has 176 valence electrons. The van der Waals surface area contributed by atoms with Gasteiger partial charge in [-0.3, -0.25) is 14.4 Å². The minimum Gasteiger partial charge on any atom is -0.376 e. The number of carbonyl (C=O) groups is 3. The SMILES string of the molecule is CCCCNC(=O)c1ccc(NCC(=O)Nc2cccc(C(=O)N(C)c3ccccc3)c2)cc1. The fourth-order valence-corrected chi connectivity index (χ4v) is 3.30. The fourth-order valence-electron chi connectivity index (χ4n) is 3.30. The Hall–Kier alpha value is -4.13. The Morgan fingerprint density at radius 3 is 2.26 bits per heavy atom. The average Bonchev–Trinajstić information content (AvgIpc) is 2.87. The highest BCUT2D eigenvalue weighted by Gasteiger charge is 2.14. The van der Waals surface area contributed by atoms with Crippen LogP contribution in [-0.4, -0.2) is 37.9 Å². The lowest BCUT2D eigenvalue weighted by atomic mass is 10.1. The van der Waals surface area contributed by atoms with Gasteiger partial charge in [0.25, 0.3) is 11.8 Å². The van der Waals surface area contributed by atoms with Crippen LogP contribution in [0.4, 0.5) is 17.1 Å². The minimum absolute atomic E-state index is 0.0458. The number of hydrogen-bond acceptors (Lipinski definition) is 4. The monoisotopic (exact) mass is 458 g/mol. The van der Waals surface area contributed by atoms with E-state index in [1.807, 2.05) is 30.3 Å². The van der Waals surface area contributed by atoms with Crippen LogP contribution in [0.5, 0.6) is 0 Å². The Morgan fingerprint density at radius 1 is 0.824 bits per heavy atom. The predicted molar refractivity (Wildman–Crippen MR) is 136 cm³/mol. The maximum Gasteiger partial charge on any atom is 0.258 e. The Balaban J connectivity index is 1.52. The Bertz CT molecular complexity index is 1110. The molecule has 3 aromatic rings. The van der Waals surface area contributed by atoms with Gasteiger partial charge < -0.3 is 20.9 Å². The highest BCUT2D eigenvalue weighted by atomic mass is 16.2. The second-order valence-electron chi connectivity index (χ2n) is 7.87. The second-order valence-corrected chi connectivity index (χ2v) is 7.87. The van der Waals surface area contributed by atoms with E-state index in [9.17, 15) is 14.4 Å². The third-order valence-electron chi connectivity index (χ3n) is 5.26. The van der Waals surface area contributed by atoms with Gasteiger partial charge >= 0.3 is 0 Å². The van der Waals surface area contributed by atoms with Crippen LogP contribution < -0.4 is 20.9 Å². The normalized spacial score (nSPS) is 10.3. The molecule has 0 aliphatic carbocycles. The van der Waals surface area contributed by atoms with Crippen LogP contribution in [0.25, 0.3) is 0 Å². The van der Waals surface area contributed by atoms with E-state index in [0.29, 0.717) is 23.4 Å². The van der Waals surface area contributed by atoms with E-state index in [4.69, 9.17) is 0 Å². The van der Waals surface area contributed by atoms with Crippen LogP contribution in [-0.2, 0) is 4.79 Å². The number of benzene rings is 3. The summed E-state index contributed by atoms with van der Waals surface area (Å²) in [6.45, 7) is 2.78. The number of rotatable bonds is 10. The summed E-state index contributed by atoms with van der Waals surface area (Å²) in [6.07, 6.45) is 1.97. The summed E-state index contributed by atoms with van der Waals surface area (Å²) in [5.41, 5.74) is 3.11. The molecule has 0 saturated heterocycles. The quantitative estimate of drug-likeness (QED) is 0.389. The lowest BCUT2D eigenvalue weighted by Gasteiger charge is -2.17. The van der Waals surface area contributed by atoms with Crippen molar-refractivity contribution in [1.29, 1.82) is 0 Å². The van der Waals surface area contributed by atoms with Gasteiger partial charge in [-0.1, -0.05) is 37.6 Å². The lowest BCUT2D eigenvalue weighted by molar-refractivity contribution is -0.114. The molecule has 0 atom stereocenters. The predicted octanol–water partition coefficient (Wildman–Crippen LogP) is 4.54. The maximum absolute atomic E-state index is 12.8. The largest absolute Gasteiger partial charge is 0.376 e. The summed E-state index contributed by atoms with van der Waals surface area (Å²) in [5, 5.41) is 8.72. The van der Waals surface area contributed by atoms with Gasteiger partial charge in [-0.05, 0) is 61.0 Å². The maximum atomic E-state index is 12.8. The number of unbranched alkanes of at least 4 members (excludes halogenated alkanes) is 1. The van der Waals surface area contributed by atoms with E-state index in [2.05, 4.69) is 22.9 Å². The van der Waals surface area contributed by atoms with Crippen LogP contribution in [0.3, 0.4) is 0 Å². The van der Waals surface area contributed by atoms with Gasteiger partial charge in [0, 0.05) is 41.8 Å². The van der Waals surface area contributed by atoms with Crippen LogP contribution in [0.2, 0.25) is 0 Å². The molecular weight excluding hydrogens is 428 g/mol. The van der Waals surface area contributed by atoms with Crippen molar-refractivity contribution < 1.29 is 14.4 Å². The van der Waals surface area contributed by atoms with Crippen molar-refractivity contribution >= 4 is 34.8 Å². The lowest BCUT2D eigenvalue weighted by Crippen LogP contribution is -2.26. The van der Waals surface area contributed by atoms with Gasteiger partial charge in [0.1, 0.15) is 0 Å². The molecule has 0 saturated carbocycles. The number of amides is 3. The zero-order chi connectivity index (χ0) is 24.3. The molecule has 7 heteroatoms. The van der Waals surface area contributed by atoms with E-state index >= 15 is 0 Å². The molecule has 0 radical (unpaired) electrons. The number of nitrogens with one attached hydrogen (secondary N) is 3. The molecule has 0 aromatic heterocycles. The van der Waals surface area contributed by atoms with Crippen molar-refractivity contribution in [2.45, 2.75) is 19.8 Å². The van der Waals surface area contributed by atoms with Crippen molar-refractivity contribution in [3.8, 4) is 0 Å². The van der Waals surface area contributed by atoms with Crippen molar-refractivity contribution in [3.63, 3.8) is 0 Å². The van der Waals surface area contributed by atoms with E-state index in [0.717, 1.165) is 24.2 Å². The topological polar surface area (TPSA) is 90.5 Å². The molecule has 0 aliphatic heterocycles. The van der Waals surface area contributed by atoms with Crippen molar-refractivity contribution in [2.24, 2.45) is 0 Å². The zero-order valence-electron chi connectivity index (χ0n) is 19.5. The van der Waals surface area contributed by atoms with Gasteiger partial charge in [0.15, 0.2) is 0 Å². The molecule has 3 N–H and O–H groups in total. The first-order chi connectivity index (χ1) is 16.5. The molecule has 0 fully saturated rings. The highest BCUT2D eigenvalue weighted by molar-refractivity contribution is 6.06. The first-order valence-corrected chi connectivity index (χ1v) is 11.3. The number of carbonyl (C=O) groups excluding carboxylic acids is 3. The molecule has 0 aliphatic rings. The van der Waals surface area contributed by atoms with E-state index in [1.165, 1.54) is 0 Å². The summed E-state index contributed by atoms with van der Waals surface area (Å²) < 4.78 is 0. The average molecular weight is 459 g/mol. The van der Waals surface area contributed by atoms with E-state index in [1.54, 1.807) is 60.5 Å². The Labute approximate surface area is 200 Å². The smallest absolute Gasteiger partial charge is 0.258 e. The van der Waals surface area contributed by atoms with Gasteiger partial charge in [0.2, 0.25) is 5.91 Å². The third-order valence-corrected chi connectivity index (χ3v) is 5.26. The van der Waals surface area contributed by atoms with Crippen LogP contribution in [0.15, 0.2) is 78.9 Å². The first-order valence-electron chi connectivity index (χ1n) is 11.3. The van der Waals surface area contributed by atoms with Crippen molar-refractivity contribution in [3.05, 3.63) is 90.0 Å². The molecule has 0 bridgehead atoms. The third kappa shape index (κ3) is 6.93. The molecule has 0 heterocycles. The molecule has 7 nitrogen and oxygen atoms in total. The van der Waals surface area contributed by atoms with Gasteiger partial charge in [-0.2, -0.15) is 0 Å². The molecule has 3 aromatic carbocycles. The van der Waals surface area contributed by atoms with Crippen LogP contribution in [0.1, 0.15) is 40.5 Å². The molecule has 0 spiro atoms. The molecule has 0 unspecified atom stereocenters. The number of hydrogen-bond donors (Lipinski definition) is 3. The molecular formula is C27H30N4O3. The number of nitrogens with zero attached hydrogens (tertiary/aromatic N) is 1. The number of para-hydroxylation sites is 1. The molecule has 3 rings (SSSR count). The standard InChI is InChI=1S/C27H30N4O3/c1-3-4-17-28-26(33)20-13-15-22(16-14-20)29-19-25(32)30-23-10-8-9-21(18-23)27(34)31(2)24-11-6-5-7-12-24/h5-16,18,29H,3-4,17,19H2,1-2H3,(H,28,33)(H,30,32). The van der Waals surface area contributed by atoms with Gasteiger partial charge in [-0.25, -0.2) is 0 Å². The highest BCUT2D eigenvalue weighted by Crippen LogP contribution is 2.17. The summed E-state index contributed by atoms with van der Waals surface area (Å²) >= 11 is 0. The Kier molecular flexibility index (Phi) is 8.80. The van der Waals surface area contributed by atoms with Gasteiger partial charge in [0.05, 0.1) is 6.54 Å². The van der Waals surface area contributed by atoms with Crippen LogP contribution in [0, 0.1) is 0 Å². The van der Waals surface area contributed by atoms with Crippen molar-refractivity contribution in [1.82, 2.24) is 5.32 Å². The second kappa shape index (κ2) is 12.2. The summed E-state index contributed by atoms with van der Waals surface area (Å²) in [4.78, 5) is 38.9. The molecule has 3 amide bonds. The van der Waals surface area contributed by atoms with E-state index < -0.39 is 0 Å². The minimum atomic E-state index is -0.248. The van der Waals surface area contributed by atoms with Gasteiger partial charge in [-0.15, -0.1) is 0 Å². The van der Waals surface area contributed by atoms with Crippen LogP contribution >= 0.6 is 0 Å². The Morgan fingerprint density at radius 2 is 1.56 bits per heavy atom. The summed E-state index contributed by atoms with van der Waals surface area (Å²) in [5.74, 6) is -0.522. The van der Waals surface area contributed by atoms with E-state index in [-0.39, 0.29) is 24.3 Å². The van der Waals surface area contributed by atoms with Crippen molar-refractivity contribution in [2.75, 3.05) is 35.7 Å². The number of anilines is 3. The zero-order valence-corrected chi connectivity index (χ0v) is 19.5.